The molecule has 1 aliphatic heterocycles. The molecule has 3 N–H and O–H groups in total. The van der Waals surface area contributed by atoms with Gasteiger partial charge in [-0.05, 0) is 11.5 Å². The van der Waals surface area contributed by atoms with Gasteiger partial charge in [0.1, 0.15) is 29.5 Å². The molecule has 0 amide bonds. The Balaban J connectivity index is 1.94. The highest BCUT2D eigenvalue weighted by Gasteiger charge is 2.35. The number of nitrogens with zero attached hydrogens (tertiary/aromatic N) is 3. The molecule has 3 heterocycles. The zero-order valence-corrected chi connectivity index (χ0v) is 17.6. The van der Waals surface area contributed by atoms with Gasteiger partial charge in [0.15, 0.2) is 5.43 Å². The fourth-order valence-corrected chi connectivity index (χ4v) is 3.98. The molecule has 9 heteroatoms. The summed E-state index contributed by atoms with van der Waals surface area (Å²) in [5.41, 5.74) is 0.803. The van der Waals surface area contributed by atoms with Crippen LogP contribution in [0, 0.1) is 5.41 Å². The lowest BCUT2D eigenvalue weighted by Gasteiger charge is -2.38. The van der Waals surface area contributed by atoms with Gasteiger partial charge in [0.25, 0.3) is 0 Å². The van der Waals surface area contributed by atoms with Crippen LogP contribution in [0.25, 0.3) is 22.3 Å². The monoisotopic (exact) mass is 427 g/mol. The number of aromatic carboxylic acids is 1. The second-order valence-electron chi connectivity index (χ2n) is 8.86. The van der Waals surface area contributed by atoms with E-state index in [0.717, 1.165) is 5.39 Å². The number of carboxylic acid groups (broad SMARTS) is 1. The van der Waals surface area contributed by atoms with Gasteiger partial charge < -0.3 is 24.6 Å². The predicted molar refractivity (Wildman–Crippen MR) is 113 cm³/mol. The number of carbonyl (C=O) groups is 1. The molecule has 0 fully saturated rings. The first-order chi connectivity index (χ1) is 14.6. The standard InChI is InChI=1S/C22H25N3O6/c1-22(2,3)18-9-25-20(15-7-16(28)14(21(29)30)8-24(15)18)13-5-4-6-17(19(13)23-25)31-11-12(27)10-26/h4-8,12,18,26-27H,9-11H2,1-3H3,(H,29,30). The second kappa shape index (κ2) is 7.51. The van der Waals surface area contributed by atoms with Gasteiger partial charge in [-0.3, -0.25) is 9.48 Å². The maximum absolute atomic E-state index is 12.5. The van der Waals surface area contributed by atoms with E-state index in [-0.39, 0.29) is 23.6 Å². The van der Waals surface area contributed by atoms with Gasteiger partial charge >= 0.3 is 5.97 Å². The van der Waals surface area contributed by atoms with Gasteiger partial charge in [-0.25, -0.2) is 4.79 Å². The number of ether oxygens (including phenoxy) is 1. The largest absolute Gasteiger partial charge is 0.488 e. The summed E-state index contributed by atoms with van der Waals surface area (Å²) in [6.07, 6.45) is 0.419. The van der Waals surface area contributed by atoms with Crippen LogP contribution in [0.3, 0.4) is 0 Å². The zero-order chi connectivity index (χ0) is 22.5. The Morgan fingerprint density at radius 3 is 2.74 bits per heavy atom. The van der Waals surface area contributed by atoms with E-state index in [2.05, 4.69) is 20.8 Å². The number of pyridine rings is 1. The van der Waals surface area contributed by atoms with Crippen LogP contribution in [0.4, 0.5) is 0 Å². The van der Waals surface area contributed by atoms with E-state index in [4.69, 9.17) is 14.9 Å². The van der Waals surface area contributed by atoms with Crippen molar-refractivity contribution in [2.75, 3.05) is 13.2 Å². The van der Waals surface area contributed by atoms with Crippen molar-refractivity contribution in [1.29, 1.82) is 0 Å². The van der Waals surface area contributed by atoms with E-state index in [1.165, 1.54) is 12.3 Å². The maximum atomic E-state index is 12.5. The van der Waals surface area contributed by atoms with E-state index in [9.17, 15) is 19.8 Å². The summed E-state index contributed by atoms with van der Waals surface area (Å²) in [5.74, 6) is -0.801. The highest BCUT2D eigenvalue weighted by atomic mass is 16.5. The molecular formula is C22H25N3O6. The summed E-state index contributed by atoms with van der Waals surface area (Å²) in [4.78, 5) is 24.1. The summed E-state index contributed by atoms with van der Waals surface area (Å²) >= 11 is 0. The number of rotatable bonds is 5. The van der Waals surface area contributed by atoms with Gasteiger partial charge in [0.2, 0.25) is 0 Å². The van der Waals surface area contributed by atoms with Crippen LogP contribution in [0.5, 0.6) is 5.75 Å². The van der Waals surface area contributed by atoms with Gasteiger partial charge in [0.05, 0.1) is 30.6 Å². The Morgan fingerprint density at radius 1 is 1.35 bits per heavy atom. The zero-order valence-electron chi connectivity index (χ0n) is 17.6. The summed E-state index contributed by atoms with van der Waals surface area (Å²) < 4.78 is 9.36. The molecule has 0 radical (unpaired) electrons. The molecule has 4 rings (SSSR count). The molecular weight excluding hydrogens is 402 g/mol. The quantitative estimate of drug-likeness (QED) is 0.567. The van der Waals surface area contributed by atoms with Crippen molar-refractivity contribution in [2.24, 2.45) is 5.41 Å². The van der Waals surface area contributed by atoms with Crippen LogP contribution >= 0.6 is 0 Å². The van der Waals surface area contributed by atoms with Crippen molar-refractivity contribution in [1.82, 2.24) is 14.3 Å². The van der Waals surface area contributed by atoms with Crippen LogP contribution in [-0.4, -0.2) is 55.0 Å². The molecule has 0 spiro atoms. The summed E-state index contributed by atoms with van der Waals surface area (Å²) in [7, 11) is 0. The van der Waals surface area contributed by atoms with E-state index in [1.807, 2.05) is 15.3 Å². The lowest BCUT2D eigenvalue weighted by Crippen LogP contribution is -2.35. The first-order valence-corrected chi connectivity index (χ1v) is 10.0. The minimum atomic E-state index is -1.25. The van der Waals surface area contributed by atoms with E-state index < -0.39 is 24.1 Å². The van der Waals surface area contributed by atoms with Crippen molar-refractivity contribution in [3.8, 4) is 17.1 Å². The second-order valence-corrected chi connectivity index (χ2v) is 8.86. The Bertz CT molecular complexity index is 1220. The number of aromatic nitrogens is 3. The molecule has 9 nitrogen and oxygen atoms in total. The molecule has 31 heavy (non-hydrogen) atoms. The Hall–Kier alpha value is -3.17. The molecule has 3 aromatic rings. The van der Waals surface area contributed by atoms with Crippen molar-refractivity contribution in [3.63, 3.8) is 0 Å². The molecule has 0 saturated carbocycles. The SMILES string of the molecule is CC(C)(C)C1Cn2nc3c(OCC(O)CO)cccc3c2-c2cc(=O)c(C(=O)O)cn21. The van der Waals surface area contributed by atoms with E-state index >= 15 is 0 Å². The highest BCUT2D eigenvalue weighted by molar-refractivity contribution is 5.96. The topological polar surface area (TPSA) is 127 Å². The number of fused-ring (bicyclic) bond motifs is 5. The van der Waals surface area contributed by atoms with Crippen LogP contribution < -0.4 is 10.2 Å². The van der Waals surface area contributed by atoms with Gasteiger partial charge in [0, 0.05) is 17.6 Å². The third-order valence-electron chi connectivity index (χ3n) is 5.61. The first-order valence-electron chi connectivity index (χ1n) is 10.0. The normalized spacial score (nSPS) is 16.6. The van der Waals surface area contributed by atoms with Crippen LogP contribution in [0.1, 0.15) is 37.2 Å². The van der Waals surface area contributed by atoms with Gasteiger partial charge in [-0.2, -0.15) is 5.10 Å². The average molecular weight is 427 g/mol. The molecule has 0 bridgehead atoms. The Labute approximate surface area is 178 Å². The van der Waals surface area contributed by atoms with Crippen molar-refractivity contribution < 1.29 is 24.9 Å². The number of hydrogen-bond acceptors (Lipinski definition) is 6. The molecule has 164 valence electrons. The summed E-state index contributed by atoms with van der Waals surface area (Å²) in [6.45, 7) is 6.16. The summed E-state index contributed by atoms with van der Waals surface area (Å²) in [6, 6.07) is 6.60. The Kier molecular flexibility index (Phi) is 5.10. The van der Waals surface area contributed by atoms with E-state index in [1.54, 1.807) is 12.1 Å². The lowest BCUT2D eigenvalue weighted by atomic mass is 9.85. The number of aliphatic hydroxyl groups excluding tert-OH is 2. The lowest BCUT2D eigenvalue weighted by molar-refractivity contribution is 0.0540. The third-order valence-corrected chi connectivity index (χ3v) is 5.61. The highest BCUT2D eigenvalue weighted by Crippen LogP contribution is 2.43. The molecule has 0 saturated heterocycles. The van der Waals surface area contributed by atoms with Crippen molar-refractivity contribution >= 4 is 16.9 Å². The van der Waals surface area contributed by atoms with E-state index in [0.29, 0.717) is 29.2 Å². The molecule has 1 aliphatic rings. The Morgan fingerprint density at radius 2 is 2.10 bits per heavy atom. The number of benzene rings is 1. The fraction of sp³-hybridized carbons (Fsp3) is 0.409. The third kappa shape index (κ3) is 3.60. The first kappa shape index (κ1) is 21.1. The molecule has 0 aliphatic carbocycles. The van der Waals surface area contributed by atoms with Crippen LogP contribution in [0.2, 0.25) is 0 Å². The van der Waals surface area contributed by atoms with Crippen molar-refractivity contribution in [3.05, 3.63) is 46.2 Å². The smallest absolute Gasteiger partial charge is 0.341 e. The van der Waals surface area contributed by atoms with Crippen molar-refractivity contribution in [2.45, 2.75) is 39.5 Å². The van der Waals surface area contributed by atoms with Crippen LogP contribution in [0.15, 0.2) is 35.3 Å². The average Bonchev–Trinajstić information content (AvgIpc) is 3.09. The maximum Gasteiger partial charge on any atom is 0.341 e. The molecule has 2 aromatic heterocycles. The minimum absolute atomic E-state index is 0.0829. The van der Waals surface area contributed by atoms with Gasteiger partial charge in [-0.1, -0.05) is 32.9 Å². The van der Waals surface area contributed by atoms with Gasteiger partial charge in [-0.15, -0.1) is 0 Å². The minimum Gasteiger partial charge on any atom is -0.488 e. The summed E-state index contributed by atoms with van der Waals surface area (Å²) in [5, 5.41) is 33.6. The molecule has 2 unspecified atom stereocenters. The number of hydrogen-bond donors (Lipinski definition) is 3. The molecule has 2 atom stereocenters. The number of carboxylic acids is 1. The predicted octanol–water partition coefficient (Wildman–Crippen LogP) is 1.90. The fourth-order valence-electron chi connectivity index (χ4n) is 3.98. The van der Waals surface area contributed by atoms with Crippen LogP contribution in [-0.2, 0) is 6.54 Å². The molecule has 1 aromatic carbocycles. The number of aliphatic hydroxyl groups is 2.